The molecule has 0 fully saturated rings. The summed E-state index contributed by atoms with van der Waals surface area (Å²) in [5.41, 5.74) is 4.32. The lowest BCUT2D eigenvalue weighted by molar-refractivity contribution is 1.07. The minimum Gasteiger partial charge on any atom is -0.340 e. The molecule has 4 N–H and O–H groups in total. The van der Waals surface area contributed by atoms with Crippen LogP contribution in [-0.2, 0) is 0 Å². The lowest BCUT2D eigenvalue weighted by Crippen LogP contribution is -2.11. The number of nitrogens with one attached hydrogen (secondary N) is 2. The Balaban J connectivity index is 2.03. The van der Waals surface area contributed by atoms with Crippen LogP contribution in [0.15, 0.2) is 48.5 Å². The van der Waals surface area contributed by atoms with Crippen LogP contribution in [0.4, 0.5) is 17.5 Å². The SMILES string of the molecule is Cc1cc(Nc2cccc3ccccc23)nc(NN)n1. The minimum atomic E-state index is 0.396. The average Bonchev–Trinajstić information content (AvgIpc) is 2.47. The largest absolute Gasteiger partial charge is 0.340 e. The van der Waals surface area contributed by atoms with Crippen molar-refractivity contribution in [3.63, 3.8) is 0 Å². The second-order valence-electron chi connectivity index (χ2n) is 4.51. The van der Waals surface area contributed by atoms with Crippen molar-refractivity contribution < 1.29 is 0 Å². The van der Waals surface area contributed by atoms with Gasteiger partial charge in [-0.05, 0) is 18.4 Å². The Hall–Kier alpha value is -2.66. The summed E-state index contributed by atoms with van der Waals surface area (Å²) in [6.07, 6.45) is 0. The highest BCUT2D eigenvalue weighted by molar-refractivity contribution is 5.95. The van der Waals surface area contributed by atoms with Gasteiger partial charge in [0.1, 0.15) is 5.82 Å². The van der Waals surface area contributed by atoms with E-state index in [4.69, 9.17) is 5.84 Å². The average molecular weight is 265 g/mol. The quantitative estimate of drug-likeness (QED) is 0.501. The van der Waals surface area contributed by atoms with E-state index >= 15 is 0 Å². The molecular weight excluding hydrogens is 250 g/mol. The number of hydrogen-bond donors (Lipinski definition) is 3. The molecule has 0 spiro atoms. The van der Waals surface area contributed by atoms with E-state index < -0.39 is 0 Å². The molecule has 0 aliphatic heterocycles. The highest BCUT2D eigenvalue weighted by Gasteiger charge is 2.04. The highest BCUT2D eigenvalue weighted by atomic mass is 15.3. The van der Waals surface area contributed by atoms with Gasteiger partial charge in [-0.2, -0.15) is 4.98 Å². The molecule has 5 heteroatoms. The summed E-state index contributed by atoms with van der Waals surface area (Å²) >= 11 is 0. The molecular formula is C15H15N5. The Morgan fingerprint density at radius 1 is 1.00 bits per heavy atom. The Morgan fingerprint density at radius 3 is 2.65 bits per heavy atom. The van der Waals surface area contributed by atoms with Gasteiger partial charge in [-0.1, -0.05) is 36.4 Å². The second-order valence-corrected chi connectivity index (χ2v) is 4.51. The molecule has 0 unspecified atom stereocenters. The van der Waals surface area contributed by atoms with Crippen molar-refractivity contribution in [2.24, 2.45) is 5.84 Å². The molecule has 0 aliphatic carbocycles. The van der Waals surface area contributed by atoms with Crippen molar-refractivity contribution >= 4 is 28.2 Å². The molecule has 1 aromatic heterocycles. The van der Waals surface area contributed by atoms with Crippen molar-refractivity contribution in [2.75, 3.05) is 10.7 Å². The maximum absolute atomic E-state index is 5.37. The van der Waals surface area contributed by atoms with Crippen molar-refractivity contribution in [1.82, 2.24) is 9.97 Å². The Bertz CT molecular complexity index is 749. The van der Waals surface area contributed by atoms with Crippen LogP contribution in [0.1, 0.15) is 5.69 Å². The number of anilines is 3. The molecule has 3 rings (SSSR count). The molecule has 0 aliphatic rings. The van der Waals surface area contributed by atoms with Crippen LogP contribution in [-0.4, -0.2) is 9.97 Å². The van der Waals surface area contributed by atoms with Gasteiger partial charge in [0, 0.05) is 22.8 Å². The maximum atomic E-state index is 5.37. The van der Waals surface area contributed by atoms with E-state index in [0.29, 0.717) is 11.8 Å². The number of rotatable bonds is 3. The maximum Gasteiger partial charge on any atom is 0.239 e. The number of nitrogens with two attached hydrogens (primary N) is 1. The van der Waals surface area contributed by atoms with Gasteiger partial charge >= 0.3 is 0 Å². The summed E-state index contributed by atoms with van der Waals surface area (Å²) in [5.74, 6) is 6.47. The summed E-state index contributed by atoms with van der Waals surface area (Å²) in [7, 11) is 0. The zero-order valence-electron chi connectivity index (χ0n) is 11.1. The first-order valence-electron chi connectivity index (χ1n) is 6.33. The van der Waals surface area contributed by atoms with Crippen molar-refractivity contribution in [3.8, 4) is 0 Å². The van der Waals surface area contributed by atoms with Crippen LogP contribution in [0.25, 0.3) is 10.8 Å². The van der Waals surface area contributed by atoms with Crippen LogP contribution >= 0.6 is 0 Å². The Morgan fingerprint density at radius 2 is 1.80 bits per heavy atom. The number of aryl methyl sites for hydroxylation is 1. The first kappa shape index (κ1) is 12.4. The van der Waals surface area contributed by atoms with E-state index in [2.05, 4.69) is 38.9 Å². The summed E-state index contributed by atoms with van der Waals surface area (Å²) in [5, 5.41) is 5.64. The van der Waals surface area contributed by atoms with Crippen LogP contribution in [0.3, 0.4) is 0 Å². The smallest absolute Gasteiger partial charge is 0.239 e. The van der Waals surface area contributed by atoms with Gasteiger partial charge in [0.25, 0.3) is 0 Å². The molecule has 20 heavy (non-hydrogen) atoms. The molecule has 0 saturated carbocycles. The number of hydrogen-bond acceptors (Lipinski definition) is 5. The first-order chi connectivity index (χ1) is 9.76. The Kier molecular flexibility index (Phi) is 3.18. The van der Waals surface area contributed by atoms with E-state index in [1.54, 1.807) is 0 Å². The van der Waals surface area contributed by atoms with Gasteiger partial charge in [-0.15, -0.1) is 0 Å². The standard InChI is InChI=1S/C15H15N5/c1-10-9-14(19-15(17-10)20-16)18-13-8-4-6-11-5-2-3-7-12(11)13/h2-9H,16H2,1H3,(H2,17,18,19,20). The lowest BCUT2D eigenvalue weighted by Gasteiger charge is -2.10. The van der Waals surface area contributed by atoms with E-state index in [-0.39, 0.29) is 0 Å². The summed E-state index contributed by atoms with van der Waals surface area (Å²) in [6, 6.07) is 16.2. The van der Waals surface area contributed by atoms with Gasteiger partial charge < -0.3 is 5.32 Å². The van der Waals surface area contributed by atoms with E-state index in [9.17, 15) is 0 Å². The normalized spacial score (nSPS) is 10.5. The lowest BCUT2D eigenvalue weighted by atomic mass is 10.1. The van der Waals surface area contributed by atoms with Crippen molar-refractivity contribution in [1.29, 1.82) is 0 Å². The molecule has 0 atom stereocenters. The number of nitrogen functional groups attached to an aromatic ring is 1. The van der Waals surface area contributed by atoms with Gasteiger partial charge in [0.15, 0.2) is 0 Å². The van der Waals surface area contributed by atoms with Crippen LogP contribution in [0.2, 0.25) is 0 Å². The molecule has 2 aromatic carbocycles. The van der Waals surface area contributed by atoms with E-state index in [1.807, 2.05) is 37.3 Å². The van der Waals surface area contributed by atoms with Gasteiger partial charge in [0.2, 0.25) is 5.95 Å². The van der Waals surface area contributed by atoms with Crippen LogP contribution < -0.4 is 16.6 Å². The van der Waals surface area contributed by atoms with Gasteiger partial charge in [0.05, 0.1) is 0 Å². The predicted molar refractivity (Wildman–Crippen MR) is 81.8 cm³/mol. The highest BCUT2D eigenvalue weighted by Crippen LogP contribution is 2.25. The third-order valence-electron chi connectivity index (χ3n) is 3.04. The van der Waals surface area contributed by atoms with E-state index in [1.165, 1.54) is 5.39 Å². The number of aromatic nitrogens is 2. The van der Waals surface area contributed by atoms with Gasteiger partial charge in [-0.25, -0.2) is 10.8 Å². The second kappa shape index (κ2) is 5.14. The predicted octanol–water partition coefficient (Wildman–Crippen LogP) is 2.97. The van der Waals surface area contributed by atoms with Crippen molar-refractivity contribution in [2.45, 2.75) is 6.92 Å². The topological polar surface area (TPSA) is 75.9 Å². The minimum absolute atomic E-state index is 0.396. The molecule has 100 valence electrons. The first-order valence-corrected chi connectivity index (χ1v) is 6.33. The summed E-state index contributed by atoms with van der Waals surface area (Å²) in [4.78, 5) is 8.46. The monoisotopic (exact) mass is 265 g/mol. The summed E-state index contributed by atoms with van der Waals surface area (Å²) < 4.78 is 0. The van der Waals surface area contributed by atoms with Crippen LogP contribution in [0, 0.1) is 6.92 Å². The molecule has 0 amide bonds. The van der Waals surface area contributed by atoms with Gasteiger partial charge in [-0.3, -0.25) is 5.43 Å². The number of hydrazine groups is 1. The molecule has 0 radical (unpaired) electrons. The third-order valence-corrected chi connectivity index (χ3v) is 3.04. The molecule has 0 saturated heterocycles. The molecule has 0 bridgehead atoms. The molecule has 3 aromatic rings. The fraction of sp³-hybridized carbons (Fsp3) is 0.0667. The third kappa shape index (κ3) is 2.39. The number of nitrogens with zero attached hydrogens (tertiary/aromatic N) is 2. The molecule has 5 nitrogen and oxygen atoms in total. The fourth-order valence-corrected chi connectivity index (χ4v) is 2.17. The fourth-order valence-electron chi connectivity index (χ4n) is 2.17. The summed E-state index contributed by atoms with van der Waals surface area (Å²) in [6.45, 7) is 1.90. The zero-order chi connectivity index (χ0) is 13.9. The van der Waals surface area contributed by atoms with Crippen LogP contribution in [0.5, 0.6) is 0 Å². The van der Waals surface area contributed by atoms with E-state index in [0.717, 1.165) is 16.8 Å². The number of fused-ring (bicyclic) bond motifs is 1. The zero-order valence-corrected chi connectivity index (χ0v) is 11.1. The Labute approximate surface area is 116 Å². The number of benzene rings is 2. The molecule has 1 heterocycles. The van der Waals surface area contributed by atoms with Crippen molar-refractivity contribution in [3.05, 3.63) is 54.2 Å².